The highest BCUT2D eigenvalue weighted by Crippen LogP contribution is 2.57. The van der Waals surface area contributed by atoms with Crippen molar-refractivity contribution in [1.29, 1.82) is 0 Å². The lowest BCUT2D eigenvalue weighted by molar-refractivity contribution is 0.759. The maximum Gasteiger partial charge on any atom is 0.304 e. The van der Waals surface area contributed by atoms with Gasteiger partial charge in [0.05, 0.1) is 29.7 Å². The van der Waals surface area contributed by atoms with Crippen LogP contribution < -0.4 is 30.8 Å². The Morgan fingerprint density at radius 1 is 0.252 bits per heavy atom. The molecule has 0 fully saturated rings. The topological polar surface area (TPSA) is 41.2 Å². The van der Waals surface area contributed by atoms with Crippen molar-refractivity contribution in [3.63, 3.8) is 0 Å². The zero-order chi connectivity index (χ0) is 85.3. The second-order valence-corrected chi connectivity index (χ2v) is 36.4. The number of anilines is 6. The van der Waals surface area contributed by atoms with Gasteiger partial charge >= 0.3 is 20.5 Å². The van der Waals surface area contributed by atoms with Crippen LogP contribution in [0, 0.1) is 13.1 Å². The number of hydrogen-bond acceptors (Lipinski definition) is 4. The molecule has 17 aromatic carbocycles. The average Bonchev–Trinajstić information content (AvgIpc) is 1.55. The van der Waals surface area contributed by atoms with E-state index in [4.69, 9.17) is 18.1 Å². The van der Waals surface area contributed by atoms with Crippen molar-refractivity contribution in [2.45, 2.75) is 57.5 Å². The first-order valence-electron chi connectivity index (χ1n) is 44.0. The lowest BCUT2D eigenvalue weighted by atomic mass is 9.37. The second kappa shape index (κ2) is 28.7. The zero-order valence-electron chi connectivity index (χ0n) is 71.3. The van der Waals surface area contributed by atoms with Crippen LogP contribution in [0.5, 0.6) is 0 Å². The molecule has 3 aromatic heterocycles. The Bertz CT molecular complexity index is 7690. The molecular formula is C116H83B3N8. The molecule has 6 aliphatic heterocycles. The summed E-state index contributed by atoms with van der Waals surface area (Å²) in [4.78, 5) is 20.3. The van der Waals surface area contributed by atoms with Gasteiger partial charge in [0, 0.05) is 89.9 Å². The van der Waals surface area contributed by atoms with Crippen molar-refractivity contribution in [1.82, 2.24) is 14.1 Å². The number of rotatable bonds is 6. The van der Waals surface area contributed by atoms with Crippen LogP contribution in [-0.4, -0.2) is 34.7 Å². The first-order valence-corrected chi connectivity index (χ1v) is 44.0. The second-order valence-electron chi connectivity index (χ2n) is 36.4. The molecule has 0 amide bonds. The highest BCUT2D eigenvalue weighted by atomic mass is 15.1. The molecule has 0 bridgehead atoms. The highest BCUT2D eigenvalue weighted by Gasteiger charge is 2.56. The minimum absolute atomic E-state index is 0.0507. The molecule has 0 N–H and O–H groups in total. The molecule has 11 heteroatoms. The molecule has 0 unspecified atom stereocenters. The minimum atomic E-state index is -0.147. The number of hydrogen-bond donors (Lipinski definition) is 0. The van der Waals surface area contributed by atoms with E-state index < -0.39 is 0 Å². The number of benzene rings is 17. The third kappa shape index (κ3) is 11.5. The van der Waals surface area contributed by atoms with Crippen LogP contribution in [0.15, 0.2) is 394 Å². The first-order chi connectivity index (χ1) is 62.2. The van der Waals surface area contributed by atoms with E-state index in [9.17, 15) is 0 Å². The molecule has 6 aliphatic rings. The predicted octanol–water partition coefficient (Wildman–Crippen LogP) is 28.1. The summed E-state index contributed by atoms with van der Waals surface area (Å²) >= 11 is 0. The third-order valence-corrected chi connectivity index (χ3v) is 28.3. The highest BCUT2D eigenvalue weighted by molar-refractivity contribution is 6.85. The van der Waals surface area contributed by atoms with Crippen molar-refractivity contribution in [3.8, 4) is 89.3 Å². The molecule has 8 nitrogen and oxygen atoms in total. The molecule has 0 saturated carbocycles. The van der Waals surface area contributed by atoms with Crippen molar-refractivity contribution in [3.05, 3.63) is 434 Å². The van der Waals surface area contributed by atoms with E-state index in [0.717, 1.165) is 66.6 Å². The van der Waals surface area contributed by atoms with Crippen molar-refractivity contribution < 1.29 is 0 Å². The quantitative estimate of drug-likeness (QED) is 0.123. The van der Waals surface area contributed by atoms with Crippen LogP contribution in [0.4, 0.5) is 45.5 Å². The number of aromatic nitrogens is 3. The van der Waals surface area contributed by atoms with Crippen LogP contribution in [0.1, 0.15) is 58.2 Å². The summed E-state index contributed by atoms with van der Waals surface area (Å²) in [6.07, 6.45) is 1.84. The maximum atomic E-state index is 7.99. The summed E-state index contributed by atoms with van der Waals surface area (Å²) in [6.45, 7) is 30.9. The van der Waals surface area contributed by atoms with Crippen LogP contribution in [0.3, 0.4) is 0 Å². The van der Waals surface area contributed by atoms with Gasteiger partial charge in [-0.3, -0.25) is 4.57 Å². The largest absolute Gasteiger partial charge is 0.380 e. The monoisotopic (exact) mass is 1620 g/mol. The molecule has 127 heavy (non-hydrogen) atoms. The van der Waals surface area contributed by atoms with Gasteiger partial charge in [0.15, 0.2) is 11.4 Å². The van der Waals surface area contributed by atoms with Crippen LogP contribution in [0.2, 0.25) is 0 Å². The fourth-order valence-electron chi connectivity index (χ4n) is 22.6. The predicted molar refractivity (Wildman–Crippen MR) is 535 cm³/mol. The number of pyridine rings is 1. The molecule has 9 heterocycles. The van der Waals surface area contributed by atoms with Crippen LogP contribution in [0.25, 0.3) is 153 Å². The third-order valence-electron chi connectivity index (χ3n) is 28.3. The summed E-state index contributed by atoms with van der Waals surface area (Å²) in [6, 6.07) is 140. The summed E-state index contributed by atoms with van der Waals surface area (Å²) in [5, 5.41) is 6.91. The van der Waals surface area contributed by atoms with E-state index in [-0.39, 0.29) is 36.5 Å². The van der Waals surface area contributed by atoms with Gasteiger partial charge in [-0.05, 0) is 254 Å². The molecule has 0 radical (unpaired) electrons. The number of nitrogens with zero attached hydrogens (tertiary/aromatic N) is 8. The summed E-state index contributed by atoms with van der Waals surface area (Å²) < 4.78 is 4.49. The number of fused-ring (bicyclic) bond motifs is 31. The Balaban J connectivity index is 0.000000107. The zero-order valence-corrected chi connectivity index (χ0v) is 71.3. The normalized spacial score (nSPS) is 14.3. The van der Waals surface area contributed by atoms with Crippen molar-refractivity contribution in [2.24, 2.45) is 0 Å². The van der Waals surface area contributed by atoms with Crippen molar-refractivity contribution >= 4 is 137 Å². The molecule has 0 saturated heterocycles. The fraction of sp³-hybridized carbons (Fsp3) is 0.0776. The average molecular weight is 1620 g/mol. The minimum Gasteiger partial charge on any atom is -0.380 e. The molecule has 0 aliphatic carbocycles. The Morgan fingerprint density at radius 2 is 0.591 bits per heavy atom. The van der Waals surface area contributed by atoms with E-state index in [1.165, 1.54) is 144 Å². The summed E-state index contributed by atoms with van der Waals surface area (Å²) in [5.74, 6) is 0. The van der Waals surface area contributed by atoms with E-state index in [2.05, 4.69) is 433 Å². The number of para-hydroxylation sites is 6. The van der Waals surface area contributed by atoms with Gasteiger partial charge in [-0.25, -0.2) is 14.7 Å². The van der Waals surface area contributed by atoms with E-state index in [0.29, 0.717) is 11.4 Å². The van der Waals surface area contributed by atoms with E-state index in [1.54, 1.807) is 0 Å². The smallest absolute Gasteiger partial charge is 0.304 e. The molecule has 26 rings (SSSR count). The Kier molecular flexibility index (Phi) is 17.0. The fourth-order valence-corrected chi connectivity index (χ4v) is 22.6. The van der Waals surface area contributed by atoms with Gasteiger partial charge in [-0.15, -0.1) is 0 Å². The summed E-state index contributed by atoms with van der Waals surface area (Å²) in [5.41, 5.74) is 40.6. The van der Waals surface area contributed by atoms with Crippen LogP contribution >= 0.6 is 0 Å². The Hall–Kier alpha value is -15.7. The molecular weight excluding hydrogens is 1540 g/mol. The van der Waals surface area contributed by atoms with Crippen molar-refractivity contribution in [2.75, 3.05) is 14.4 Å². The standard InChI is InChI=1S/C40H28BN3.C39H27BN4.C37H28BN/c1-40(2)34-24-26(20-21-39(34)44-38-19-11-7-13-31(38)30-12-4-8-16-35(30)41(40)44)27-22-28(42-3)25-29(23-27)43-36-17-9-5-14-32(36)33-15-6-10-18-37(33)43;1-39(2)33-23-25(18-19-37(33)44-36-17-9-6-12-30(36)29-11-4-7-15-34(29)40(39)44)26-21-27(41-3)24-28(22-26)43-35-16-8-5-13-31(35)32-14-10-20-42-38(32)43;1-37(2)33-24-30(28-13-9-12-27(23-28)29-19-18-25-10-3-4-11-26(25)22-29)20-21-36(33)39-35-17-8-6-15-32(35)31-14-5-7-16-34(31)38(37)39/h4-25H,1-2H3;4-24H,1-2H3;3-24H,1-2H3. The molecule has 0 spiro atoms. The Labute approximate surface area is 741 Å². The maximum absolute atomic E-state index is 7.99. The lowest BCUT2D eigenvalue weighted by Crippen LogP contribution is -2.55. The van der Waals surface area contributed by atoms with Crippen LogP contribution in [-0.2, 0) is 15.9 Å². The summed E-state index contributed by atoms with van der Waals surface area (Å²) in [7, 11) is 0. The van der Waals surface area contributed by atoms with E-state index >= 15 is 0 Å². The van der Waals surface area contributed by atoms with Gasteiger partial charge < -0.3 is 19.0 Å². The van der Waals surface area contributed by atoms with Gasteiger partial charge in [0.25, 0.3) is 0 Å². The molecule has 596 valence electrons. The van der Waals surface area contributed by atoms with Gasteiger partial charge in [0.2, 0.25) is 0 Å². The Morgan fingerprint density at radius 3 is 1.04 bits per heavy atom. The van der Waals surface area contributed by atoms with Gasteiger partial charge in [-0.1, -0.05) is 296 Å². The SMILES string of the molecule is CC1(C)B2c3ccccc3-c3ccccc3N2c2ccc(-c3cccc(-c4ccc5ccccc5c4)c3)cc21.[C-]#[N+]c1cc(-c2ccc3c(c2)C(C)(C)B2c4ccccc4-c4ccccc4N23)cc(-n2c3ccccc3c3ccccc32)c1.[C-]#[N+]c1cc(-c2ccc3c(c2)C(C)(C)B2c4ccccc4-c4ccccc4N23)cc(-n2c3ccccc3c3cccnc32)c1. The van der Waals surface area contributed by atoms with E-state index in [1.807, 2.05) is 36.5 Å². The lowest BCUT2D eigenvalue weighted by Gasteiger charge is -2.38. The molecule has 0 atom stereocenters. The molecule has 20 aromatic rings. The first kappa shape index (κ1) is 75.1. The van der Waals surface area contributed by atoms with Gasteiger partial charge in [-0.2, -0.15) is 0 Å². The van der Waals surface area contributed by atoms with Gasteiger partial charge in [0.1, 0.15) is 5.65 Å².